The largest absolute Gasteiger partial charge is 0.373 e. The van der Waals surface area contributed by atoms with Crippen LogP contribution in [0.1, 0.15) is 34.6 Å². The molecule has 1 saturated heterocycles. The van der Waals surface area contributed by atoms with E-state index in [-0.39, 0.29) is 23.7 Å². The monoisotopic (exact) mass is 172 g/mol. The van der Waals surface area contributed by atoms with E-state index >= 15 is 0 Å². The van der Waals surface area contributed by atoms with Crippen LogP contribution in [0.4, 0.5) is 0 Å². The lowest BCUT2D eigenvalue weighted by atomic mass is 9.88. The van der Waals surface area contributed by atoms with Crippen molar-refractivity contribution in [1.29, 1.82) is 0 Å². The maximum atomic E-state index is 5.84. The summed E-state index contributed by atoms with van der Waals surface area (Å²) >= 11 is 0. The highest BCUT2D eigenvalue weighted by molar-refractivity contribution is 4.80. The van der Waals surface area contributed by atoms with E-state index < -0.39 is 0 Å². The first-order valence-electron chi connectivity index (χ1n) is 4.68. The van der Waals surface area contributed by atoms with Crippen LogP contribution >= 0.6 is 0 Å². The molecule has 2 nitrogen and oxygen atoms in total. The fraction of sp³-hybridized carbons (Fsp3) is 1.00. The maximum Gasteiger partial charge on any atom is 0.0861 e. The van der Waals surface area contributed by atoms with Gasteiger partial charge in [-0.05, 0) is 19.3 Å². The van der Waals surface area contributed by atoms with Gasteiger partial charge in [0, 0.05) is 0 Å². The van der Waals surface area contributed by atoms with Gasteiger partial charge in [0.15, 0.2) is 0 Å². The third-order valence-corrected chi connectivity index (χ3v) is 2.52. The van der Waals surface area contributed by atoms with Gasteiger partial charge >= 0.3 is 0 Å². The summed E-state index contributed by atoms with van der Waals surface area (Å²) in [6.07, 6.45) is 0.704. The van der Waals surface area contributed by atoms with Crippen molar-refractivity contribution in [2.24, 2.45) is 5.41 Å². The molecule has 0 radical (unpaired) electrons. The van der Waals surface area contributed by atoms with E-state index in [0.29, 0.717) is 0 Å². The summed E-state index contributed by atoms with van der Waals surface area (Å²) in [5.74, 6) is 0. The highest BCUT2D eigenvalue weighted by atomic mass is 16.6. The zero-order chi connectivity index (χ0) is 9.35. The molecule has 0 aromatic heterocycles. The van der Waals surface area contributed by atoms with Crippen molar-refractivity contribution in [3.8, 4) is 0 Å². The molecule has 0 aromatic rings. The first kappa shape index (κ1) is 10.0. The van der Waals surface area contributed by atoms with Crippen molar-refractivity contribution in [3.05, 3.63) is 0 Å². The Morgan fingerprint density at radius 3 is 2.08 bits per heavy atom. The van der Waals surface area contributed by atoms with E-state index in [0.717, 1.165) is 6.61 Å². The second kappa shape index (κ2) is 3.35. The van der Waals surface area contributed by atoms with Crippen molar-refractivity contribution in [2.45, 2.75) is 52.9 Å². The Hall–Kier alpha value is -0.0800. The van der Waals surface area contributed by atoms with Gasteiger partial charge in [0.2, 0.25) is 0 Å². The lowest BCUT2D eigenvalue weighted by molar-refractivity contribution is -0.195. The van der Waals surface area contributed by atoms with E-state index in [1.54, 1.807) is 0 Å². The zero-order valence-electron chi connectivity index (χ0n) is 8.76. The van der Waals surface area contributed by atoms with Crippen molar-refractivity contribution < 1.29 is 9.47 Å². The fourth-order valence-corrected chi connectivity index (χ4v) is 1.24. The molecule has 12 heavy (non-hydrogen) atoms. The van der Waals surface area contributed by atoms with Crippen LogP contribution in [0.3, 0.4) is 0 Å². The summed E-state index contributed by atoms with van der Waals surface area (Å²) in [4.78, 5) is 0. The van der Waals surface area contributed by atoms with Gasteiger partial charge in [-0.1, -0.05) is 20.8 Å². The Kier molecular flexibility index (Phi) is 2.79. The van der Waals surface area contributed by atoms with E-state index in [2.05, 4.69) is 34.6 Å². The molecule has 1 fully saturated rings. The standard InChI is InChI=1S/C10H20O2/c1-7-8(2)12-9(6-11-7)10(3,4)5/h7-9H,6H2,1-5H3. The second-order valence-corrected chi connectivity index (χ2v) is 4.73. The third-order valence-electron chi connectivity index (χ3n) is 2.52. The lowest BCUT2D eigenvalue weighted by Gasteiger charge is -2.39. The number of hydrogen-bond acceptors (Lipinski definition) is 2. The van der Waals surface area contributed by atoms with Gasteiger partial charge in [-0.3, -0.25) is 0 Å². The van der Waals surface area contributed by atoms with Crippen LogP contribution < -0.4 is 0 Å². The Balaban J connectivity index is 2.51. The molecule has 0 amide bonds. The molecular weight excluding hydrogens is 152 g/mol. The quantitative estimate of drug-likeness (QED) is 0.558. The molecule has 1 heterocycles. The van der Waals surface area contributed by atoms with E-state index in [1.807, 2.05) is 0 Å². The molecule has 0 saturated carbocycles. The van der Waals surface area contributed by atoms with Gasteiger partial charge in [-0.25, -0.2) is 0 Å². The lowest BCUT2D eigenvalue weighted by Crippen LogP contribution is -2.46. The van der Waals surface area contributed by atoms with Crippen LogP contribution in [0.25, 0.3) is 0 Å². The minimum absolute atomic E-state index is 0.189. The topological polar surface area (TPSA) is 18.5 Å². The van der Waals surface area contributed by atoms with Gasteiger partial charge in [0.25, 0.3) is 0 Å². The summed E-state index contributed by atoms with van der Waals surface area (Å²) < 4.78 is 11.4. The molecule has 3 unspecified atom stereocenters. The van der Waals surface area contributed by atoms with Crippen LogP contribution in [0.2, 0.25) is 0 Å². The minimum atomic E-state index is 0.189. The summed E-state index contributed by atoms with van der Waals surface area (Å²) in [6.45, 7) is 11.4. The maximum absolute atomic E-state index is 5.84. The normalized spacial score (nSPS) is 38.2. The third kappa shape index (κ3) is 2.20. The predicted octanol–water partition coefficient (Wildman–Crippen LogP) is 2.22. The molecule has 3 atom stereocenters. The highest BCUT2D eigenvalue weighted by Crippen LogP contribution is 2.28. The van der Waals surface area contributed by atoms with Gasteiger partial charge < -0.3 is 9.47 Å². The summed E-state index contributed by atoms with van der Waals surface area (Å²) in [5.41, 5.74) is 0.189. The smallest absolute Gasteiger partial charge is 0.0861 e. The molecule has 0 spiro atoms. The number of rotatable bonds is 0. The first-order chi connectivity index (χ1) is 5.41. The molecule has 72 valence electrons. The van der Waals surface area contributed by atoms with Crippen molar-refractivity contribution in [1.82, 2.24) is 0 Å². The first-order valence-corrected chi connectivity index (χ1v) is 4.68. The molecule has 0 aliphatic carbocycles. The average Bonchev–Trinajstić information content (AvgIpc) is 1.92. The Labute approximate surface area is 75.2 Å². The Morgan fingerprint density at radius 2 is 1.67 bits per heavy atom. The second-order valence-electron chi connectivity index (χ2n) is 4.73. The Bertz CT molecular complexity index is 148. The molecule has 0 bridgehead atoms. The molecule has 1 aliphatic heterocycles. The Morgan fingerprint density at radius 1 is 1.08 bits per heavy atom. The van der Waals surface area contributed by atoms with E-state index in [4.69, 9.17) is 9.47 Å². The molecular formula is C10H20O2. The van der Waals surface area contributed by atoms with Crippen LogP contribution in [0.15, 0.2) is 0 Å². The van der Waals surface area contributed by atoms with Crippen molar-refractivity contribution >= 4 is 0 Å². The van der Waals surface area contributed by atoms with Gasteiger partial charge in [0.05, 0.1) is 24.9 Å². The molecule has 1 rings (SSSR count). The zero-order valence-corrected chi connectivity index (χ0v) is 8.76. The van der Waals surface area contributed by atoms with E-state index in [9.17, 15) is 0 Å². The molecule has 1 aliphatic rings. The average molecular weight is 172 g/mol. The fourth-order valence-electron chi connectivity index (χ4n) is 1.24. The van der Waals surface area contributed by atoms with Gasteiger partial charge in [-0.2, -0.15) is 0 Å². The SMILES string of the molecule is CC1OCC(C(C)(C)C)OC1C. The number of hydrogen-bond donors (Lipinski definition) is 0. The van der Waals surface area contributed by atoms with Crippen molar-refractivity contribution in [2.75, 3.05) is 6.61 Å². The minimum Gasteiger partial charge on any atom is -0.373 e. The van der Waals surface area contributed by atoms with Crippen LogP contribution in [-0.4, -0.2) is 24.9 Å². The van der Waals surface area contributed by atoms with Crippen LogP contribution in [-0.2, 0) is 9.47 Å². The van der Waals surface area contributed by atoms with Gasteiger partial charge in [-0.15, -0.1) is 0 Å². The van der Waals surface area contributed by atoms with Gasteiger partial charge in [0.1, 0.15) is 0 Å². The van der Waals surface area contributed by atoms with E-state index in [1.165, 1.54) is 0 Å². The highest BCUT2D eigenvalue weighted by Gasteiger charge is 2.33. The number of ether oxygens (including phenoxy) is 2. The predicted molar refractivity (Wildman–Crippen MR) is 49.2 cm³/mol. The summed E-state index contributed by atoms with van der Waals surface area (Å²) in [5, 5.41) is 0. The molecule has 2 heteroatoms. The molecule has 0 N–H and O–H groups in total. The van der Waals surface area contributed by atoms with Crippen molar-refractivity contribution in [3.63, 3.8) is 0 Å². The van der Waals surface area contributed by atoms with Crippen LogP contribution in [0.5, 0.6) is 0 Å². The molecule has 0 aromatic carbocycles. The van der Waals surface area contributed by atoms with Crippen LogP contribution in [0, 0.1) is 5.41 Å². The summed E-state index contributed by atoms with van der Waals surface area (Å²) in [7, 11) is 0. The summed E-state index contributed by atoms with van der Waals surface area (Å²) in [6, 6.07) is 0.